The summed E-state index contributed by atoms with van der Waals surface area (Å²) in [6.07, 6.45) is -0.161. The summed E-state index contributed by atoms with van der Waals surface area (Å²) >= 11 is 3.45. The first kappa shape index (κ1) is 15.2. The molecule has 0 saturated carbocycles. The summed E-state index contributed by atoms with van der Waals surface area (Å²) in [4.78, 5) is 0. The van der Waals surface area contributed by atoms with Crippen LogP contribution in [0.4, 0.5) is 0 Å². The van der Waals surface area contributed by atoms with E-state index in [0.717, 1.165) is 10.0 Å². The molecule has 0 amide bonds. The fourth-order valence-electron chi connectivity index (χ4n) is 1.93. The van der Waals surface area contributed by atoms with E-state index in [4.69, 9.17) is 9.47 Å². The molecule has 2 aromatic carbocycles. The summed E-state index contributed by atoms with van der Waals surface area (Å²) in [7, 11) is 0. The van der Waals surface area contributed by atoms with Crippen LogP contribution in [0.2, 0.25) is 0 Å². The van der Waals surface area contributed by atoms with Crippen molar-refractivity contribution in [3.63, 3.8) is 0 Å². The lowest BCUT2D eigenvalue weighted by atomic mass is 10.0. The van der Waals surface area contributed by atoms with Crippen molar-refractivity contribution in [2.24, 2.45) is 0 Å². The van der Waals surface area contributed by atoms with E-state index in [2.05, 4.69) is 64.5 Å². The predicted octanol–water partition coefficient (Wildman–Crippen LogP) is 5.02. The van der Waals surface area contributed by atoms with Gasteiger partial charge in [-0.1, -0.05) is 52.3 Å². The Balaban J connectivity index is 1.97. The Kier molecular flexibility index (Phi) is 5.77. The van der Waals surface area contributed by atoms with Crippen molar-refractivity contribution in [2.45, 2.75) is 26.7 Å². The summed E-state index contributed by atoms with van der Waals surface area (Å²) in [5, 5.41) is 0. The van der Waals surface area contributed by atoms with E-state index < -0.39 is 0 Å². The second-order valence-corrected chi connectivity index (χ2v) is 5.45. The molecule has 0 fully saturated rings. The van der Waals surface area contributed by atoms with Gasteiger partial charge in [0.1, 0.15) is 0 Å². The zero-order valence-electron chi connectivity index (χ0n) is 11.8. The molecule has 1 unspecified atom stereocenters. The zero-order chi connectivity index (χ0) is 14.4. The molecule has 20 heavy (non-hydrogen) atoms. The van der Waals surface area contributed by atoms with Gasteiger partial charge in [-0.3, -0.25) is 0 Å². The number of benzene rings is 2. The minimum atomic E-state index is -0.161. The Bertz CT molecular complexity index is 520. The lowest BCUT2D eigenvalue weighted by Gasteiger charge is -2.13. The van der Waals surface area contributed by atoms with E-state index in [1.165, 1.54) is 11.1 Å². The maximum Gasteiger partial charge on any atom is 0.155 e. The summed E-state index contributed by atoms with van der Waals surface area (Å²) in [5.74, 6) is 0. The molecule has 0 saturated heterocycles. The van der Waals surface area contributed by atoms with E-state index in [9.17, 15) is 0 Å². The van der Waals surface area contributed by atoms with Gasteiger partial charge in [0.05, 0.1) is 6.61 Å². The van der Waals surface area contributed by atoms with E-state index in [1.807, 2.05) is 13.8 Å². The first-order chi connectivity index (χ1) is 9.69. The van der Waals surface area contributed by atoms with E-state index in [0.29, 0.717) is 13.2 Å². The van der Waals surface area contributed by atoms with Crippen LogP contribution < -0.4 is 0 Å². The molecule has 0 heterocycles. The molecule has 2 aromatic rings. The largest absolute Gasteiger partial charge is 0.353 e. The topological polar surface area (TPSA) is 18.5 Å². The highest BCUT2D eigenvalue weighted by Crippen LogP contribution is 2.22. The summed E-state index contributed by atoms with van der Waals surface area (Å²) in [6.45, 7) is 5.12. The predicted molar refractivity (Wildman–Crippen MR) is 85.5 cm³/mol. The van der Waals surface area contributed by atoms with Gasteiger partial charge in [-0.2, -0.15) is 0 Å². The molecular weight excluding hydrogens is 316 g/mol. The van der Waals surface area contributed by atoms with Crippen LogP contribution in [0.15, 0.2) is 53.0 Å². The molecule has 0 N–H and O–H groups in total. The second kappa shape index (κ2) is 7.58. The van der Waals surface area contributed by atoms with Crippen molar-refractivity contribution in [1.29, 1.82) is 0 Å². The van der Waals surface area contributed by atoms with E-state index in [-0.39, 0.29) is 6.29 Å². The molecule has 0 aliphatic rings. The Labute approximate surface area is 128 Å². The van der Waals surface area contributed by atoms with Gasteiger partial charge in [0.2, 0.25) is 0 Å². The van der Waals surface area contributed by atoms with Gasteiger partial charge >= 0.3 is 0 Å². The van der Waals surface area contributed by atoms with Crippen LogP contribution >= 0.6 is 15.9 Å². The molecular formula is C17H19BrO2. The second-order valence-electron chi connectivity index (χ2n) is 4.54. The summed E-state index contributed by atoms with van der Waals surface area (Å²) in [6, 6.07) is 16.7. The van der Waals surface area contributed by atoms with Gasteiger partial charge < -0.3 is 9.47 Å². The molecule has 2 rings (SSSR count). The van der Waals surface area contributed by atoms with Crippen LogP contribution in [0.3, 0.4) is 0 Å². The molecule has 2 nitrogen and oxygen atoms in total. The Morgan fingerprint density at radius 3 is 2.00 bits per heavy atom. The molecule has 0 aliphatic carbocycles. The van der Waals surface area contributed by atoms with Crippen LogP contribution in [-0.4, -0.2) is 12.9 Å². The maximum absolute atomic E-state index is 5.60. The average molecular weight is 335 g/mol. The van der Waals surface area contributed by atoms with Crippen molar-refractivity contribution < 1.29 is 9.47 Å². The smallest absolute Gasteiger partial charge is 0.155 e. The van der Waals surface area contributed by atoms with Crippen molar-refractivity contribution in [1.82, 2.24) is 0 Å². The van der Waals surface area contributed by atoms with Crippen molar-refractivity contribution in [2.75, 3.05) is 6.61 Å². The van der Waals surface area contributed by atoms with Crippen LogP contribution in [-0.2, 0) is 16.1 Å². The Hall–Kier alpha value is -1.16. The standard InChI is InChI=1S/C17H19BrO2/c1-3-19-13(2)20-12-14-4-6-15(7-5-14)16-8-10-17(18)11-9-16/h4-11,13H,3,12H2,1-2H3. The van der Waals surface area contributed by atoms with Gasteiger partial charge in [-0.15, -0.1) is 0 Å². The third kappa shape index (κ3) is 4.44. The lowest BCUT2D eigenvalue weighted by molar-refractivity contribution is -0.134. The SMILES string of the molecule is CCOC(C)OCc1ccc(-c2ccc(Br)cc2)cc1. The molecule has 0 bridgehead atoms. The molecule has 0 radical (unpaired) electrons. The molecule has 0 aliphatic heterocycles. The van der Waals surface area contributed by atoms with Gasteiger partial charge in [0, 0.05) is 11.1 Å². The van der Waals surface area contributed by atoms with Gasteiger partial charge in [-0.05, 0) is 42.7 Å². The number of hydrogen-bond acceptors (Lipinski definition) is 2. The van der Waals surface area contributed by atoms with Crippen molar-refractivity contribution >= 4 is 15.9 Å². The molecule has 106 valence electrons. The average Bonchev–Trinajstić information content (AvgIpc) is 2.47. The minimum absolute atomic E-state index is 0.161. The maximum atomic E-state index is 5.60. The third-order valence-electron chi connectivity index (χ3n) is 3.02. The Morgan fingerprint density at radius 1 is 0.900 bits per heavy atom. The quantitative estimate of drug-likeness (QED) is 0.691. The first-order valence-electron chi connectivity index (χ1n) is 6.77. The first-order valence-corrected chi connectivity index (χ1v) is 7.56. The third-order valence-corrected chi connectivity index (χ3v) is 3.55. The summed E-state index contributed by atoms with van der Waals surface area (Å²) < 4.78 is 12.0. The van der Waals surface area contributed by atoms with Gasteiger partial charge in [0.15, 0.2) is 6.29 Å². The highest BCUT2D eigenvalue weighted by atomic mass is 79.9. The normalized spacial score (nSPS) is 12.3. The van der Waals surface area contributed by atoms with E-state index in [1.54, 1.807) is 0 Å². The molecule has 3 heteroatoms. The van der Waals surface area contributed by atoms with Gasteiger partial charge in [0.25, 0.3) is 0 Å². The highest BCUT2D eigenvalue weighted by Gasteiger charge is 2.02. The number of rotatable bonds is 6. The summed E-state index contributed by atoms with van der Waals surface area (Å²) in [5.41, 5.74) is 3.57. The molecule has 1 atom stereocenters. The highest BCUT2D eigenvalue weighted by molar-refractivity contribution is 9.10. The fourth-order valence-corrected chi connectivity index (χ4v) is 2.20. The molecule has 0 aromatic heterocycles. The van der Waals surface area contributed by atoms with Crippen LogP contribution in [0.25, 0.3) is 11.1 Å². The number of ether oxygens (including phenoxy) is 2. The van der Waals surface area contributed by atoms with Crippen LogP contribution in [0, 0.1) is 0 Å². The lowest BCUT2D eigenvalue weighted by Crippen LogP contribution is -2.12. The number of hydrogen-bond donors (Lipinski definition) is 0. The fraction of sp³-hybridized carbons (Fsp3) is 0.294. The zero-order valence-corrected chi connectivity index (χ0v) is 13.4. The number of halogens is 1. The van der Waals surface area contributed by atoms with E-state index >= 15 is 0 Å². The van der Waals surface area contributed by atoms with Crippen molar-refractivity contribution in [3.05, 3.63) is 58.6 Å². The Morgan fingerprint density at radius 2 is 1.45 bits per heavy atom. The van der Waals surface area contributed by atoms with Gasteiger partial charge in [-0.25, -0.2) is 0 Å². The molecule has 0 spiro atoms. The van der Waals surface area contributed by atoms with Crippen molar-refractivity contribution in [3.8, 4) is 11.1 Å². The minimum Gasteiger partial charge on any atom is -0.353 e. The monoisotopic (exact) mass is 334 g/mol. The van der Waals surface area contributed by atoms with Crippen LogP contribution in [0.1, 0.15) is 19.4 Å². The van der Waals surface area contributed by atoms with Crippen LogP contribution in [0.5, 0.6) is 0 Å².